The number of hydrazone groups is 1. The summed E-state index contributed by atoms with van der Waals surface area (Å²) in [5.74, 6) is 0.718. The van der Waals surface area contributed by atoms with E-state index in [1.807, 2.05) is 24.3 Å². The fourth-order valence-corrected chi connectivity index (χ4v) is 3.61. The topological polar surface area (TPSA) is 176 Å². The third kappa shape index (κ3) is 8.67. The number of carbonyl (C=O) groups excluding carboxylic acids is 2. The monoisotopic (exact) mass is 482 g/mol. The predicted molar refractivity (Wildman–Crippen MR) is 129 cm³/mol. The molecule has 0 aliphatic heterocycles. The van der Waals surface area contributed by atoms with E-state index in [4.69, 9.17) is 16.7 Å². The van der Waals surface area contributed by atoms with Gasteiger partial charge in [-0.25, -0.2) is 4.79 Å². The van der Waals surface area contributed by atoms with Crippen LogP contribution in [0.1, 0.15) is 42.4 Å². The molecule has 2 atom stereocenters. The van der Waals surface area contributed by atoms with Crippen molar-refractivity contribution in [2.75, 3.05) is 0 Å². The highest BCUT2D eigenvalue weighted by molar-refractivity contribution is 6.02. The van der Waals surface area contributed by atoms with E-state index < -0.39 is 42.3 Å². The van der Waals surface area contributed by atoms with E-state index in [0.717, 1.165) is 11.1 Å². The average Bonchev–Trinajstić information content (AvgIpc) is 2.82. The molecule has 2 aromatic rings. The standard InChI is InChI=1S/C25H30N4O6/c26-20(15-23(31)32)24(33)29(21(25(34)35)14-18-7-2-1-3-8-18)22(30)9-5-4-6-17-10-12-19(13-11-17)16-28-27/h1-3,7-8,10-13,16,20-21H,4-6,9,14-15,26-27H2,(H,31,32)(H,34,35)/t20-,21-/m0/s1. The van der Waals surface area contributed by atoms with Gasteiger partial charge >= 0.3 is 11.9 Å². The van der Waals surface area contributed by atoms with Crippen molar-refractivity contribution in [3.05, 3.63) is 71.3 Å². The third-order valence-electron chi connectivity index (χ3n) is 5.40. The lowest BCUT2D eigenvalue weighted by molar-refractivity contribution is -0.159. The van der Waals surface area contributed by atoms with Crippen molar-refractivity contribution in [3.63, 3.8) is 0 Å². The molecule has 2 aromatic carbocycles. The van der Waals surface area contributed by atoms with Crippen LogP contribution in [0.15, 0.2) is 59.7 Å². The zero-order chi connectivity index (χ0) is 25.8. The summed E-state index contributed by atoms with van der Waals surface area (Å²) in [7, 11) is 0. The quantitative estimate of drug-likeness (QED) is 0.144. The number of hydrogen-bond donors (Lipinski definition) is 4. The van der Waals surface area contributed by atoms with E-state index in [1.165, 1.54) is 6.21 Å². The third-order valence-corrected chi connectivity index (χ3v) is 5.40. The molecule has 0 radical (unpaired) electrons. The van der Waals surface area contributed by atoms with Crippen molar-refractivity contribution in [1.29, 1.82) is 0 Å². The van der Waals surface area contributed by atoms with Crippen LogP contribution >= 0.6 is 0 Å². The van der Waals surface area contributed by atoms with Gasteiger partial charge in [0.15, 0.2) is 0 Å². The number of carbonyl (C=O) groups is 4. The number of nitrogens with two attached hydrogens (primary N) is 2. The molecule has 0 unspecified atom stereocenters. The van der Waals surface area contributed by atoms with Crippen molar-refractivity contribution in [3.8, 4) is 0 Å². The molecule has 35 heavy (non-hydrogen) atoms. The first-order chi connectivity index (χ1) is 16.7. The lowest BCUT2D eigenvalue weighted by Gasteiger charge is -2.29. The van der Waals surface area contributed by atoms with Gasteiger partial charge in [0.25, 0.3) is 0 Å². The Morgan fingerprint density at radius 2 is 1.60 bits per heavy atom. The van der Waals surface area contributed by atoms with Gasteiger partial charge in [-0.05, 0) is 36.0 Å². The molecule has 10 heteroatoms. The maximum Gasteiger partial charge on any atom is 0.327 e. The van der Waals surface area contributed by atoms with Crippen LogP contribution in [0.25, 0.3) is 0 Å². The normalized spacial score (nSPS) is 12.7. The molecule has 2 amide bonds. The minimum absolute atomic E-state index is 0.0813. The number of carboxylic acid groups (broad SMARTS) is 2. The van der Waals surface area contributed by atoms with Crippen molar-refractivity contribution in [2.24, 2.45) is 16.7 Å². The van der Waals surface area contributed by atoms with E-state index in [0.29, 0.717) is 29.7 Å². The molecule has 0 spiro atoms. The van der Waals surface area contributed by atoms with Crippen LogP contribution in [-0.4, -0.2) is 57.2 Å². The number of aryl methyl sites for hydroxylation is 1. The number of hydrogen-bond acceptors (Lipinski definition) is 7. The van der Waals surface area contributed by atoms with Gasteiger partial charge in [0, 0.05) is 12.8 Å². The maximum atomic E-state index is 13.1. The molecule has 0 heterocycles. The van der Waals surface area contributed by atoms with Crippen LogP contribution in [0.5, 0.6) is 0 Å². The molecule has 0 aliphatic carbocycles. The lowest BCUT2D eigenvalue weighted by atomic mass is 10.0. The maximum absolute atomic E-state index is 13.1. The Hall–Kier alpha value is -4.05. The first-order valence-electron chi connectivity index (χ1n) is 11.1. The number of nitrogens with zero attached hydrogens (tertiary/aromatic N) is 2. The largest absolute Gasteiger partial charge is 0.481 e. The summed E-state index contributed by atoms with van der Waals surface area (Å²) in [5.41, 5.74) is 8.23. The van der Waals surface area contributed by atoms with Crippen LogP contribution < -0.4 is 11.6 Å². The Labute approximate surface area is 203 Å². The van der Waals surface area contributed by atoms with Crippen LogP contribution in [0.4, 0.5) is 0 Å². The van der Waals surface area contributed by atoms with Gasteiger partial charge in [-0.3, -0.25) is 19.3 Å². The summed E-state index contributed by atoms with van der Waals surface area (Å²) in [6, 6.07) is 13.1. The van der Waals surface area contributed by atoms with Gasteiger partial charge in [0.1, 0.15) is 6.04 Å². The molecule has 2 rings (SSSR count). The van der Waals surface area contributed by atoms with Crippen molar-refractivity contribution in [1.82, 2.24) is 4.90 Å². The number of amides is 2. The van der Waals surface area contributed by atoms with E-state index >= 15 is 0 Å². The average molecular weight is 483 g/mol. The van der Waals surface area contributed by atoms with Crippen molar-refractivity contribution < 1.29 is 29.4 Å². The Bertz CT molecular complexity index is 1040. The molecular formula is C25H30N4O6. The number of aliphatic carboxylic acids is 2. The van der Waals surface area contributed by atoms with Gasteiger partial charge < -0.3 is 21.8 Å². The Kier molecular flexibility index (Phi) is 10.6. The highest BCUT2D eigenvalue weighted by Gasteiger charge is 2.37. The minimum Gasteiger partial charge on any atom is -0.481 e. The molecule has 186 valence electrons. The number of imide groups is 1. The SMILES string of the molecule is NN=Cc1ccc(CCCCC(=O)N(C(=O)[C@@H](N)CC(=O)O)[C@@H](Cc2ccccc2)C(=O)O)cc1. The van der Waals surface area contributed by atoms with Crippen LogP contribution in [0.3, 0.4) is 0 Å². The first kappa shape index (κ1) is 27.2. The molecule has 0 fully saturated rings. The highest BCUT2D eigenvalue weighted by atomic mass is 16.4. The summed E-state index contributed by atoms with van der Waals surface area (Å²) in [6.45, 7) is 0. The number of unbranched alkanes of at least 4 members (excludes halogenated alkanes) is 1. The molecule has 0 saturated carbocycles. The Morgan fingerprint density at radius 3 is 2.17 bits per heavy atom. The molecular weight excluding hydrogens is 452 g/mol. The fourth-order valence-electron chi connectivity index (χ4n) is 3.61. The predicted octanol–water partition coefficient (Wildman–Crippen LogP) is 1.55. The first-order valence-corrected chi connectivity index (χ1v) is 11.1. The molecule has 0 aromatic heterocycles. The van der Waals surface area contributed by atoms with E-state index in [1.54, 1.807) is 30.3 Å². The van der Waals surface area contributed by atoms with Gasteiger partial charge in [0.05, 0.1) is 18.7 Å². The second-order valence-corrected chi connectivity index (χ2v) is 8.08. The van der Waals surface area contributed by atoms with E-state index in [-0.39, 0.29) is 12.8 Å². The van der Waals surface area contributed by atoms with E-state index in [9.17, 15) is 24.3 Å². The van der Waals surface area contributed by atoms with Gasteiger partial charge in [-0.15, -0.1) is 0 Å². The molecule has 10 nitrogen and oxygen atoms in total. The lowest BCUT2D eigenvalue weighted by Crippen LogP contribution is -2.55. The summed E-state index contributed by atoms with van der Waals surface area (Å²) in [6.07, 6.45) is 2.30. The zero-order valence-electron chi connectivity index (χ0n) is 19.2. The Balaban J connectivity index is 2.11. The van der Waals surface area contributed by atoms with Crippen LogP contribution in [-0.2, 0) is 32.0 Å². The zero-order valence-corrected chi connectivity index (χ0v) is 19.2. The summed E-state index contributed by atoms with van der Waals surface area (Å²) in [4.78, 5) is 49.7. The second-order valence-electron chi connectivity index (χ2n) is 8.08. The summed E-state index contributed by atoms with van der Waals surface area (Å²) < 4.78 is 0. The number of rotatable bonds is 13. The van der Waals surface area contributed by atoms with Crippen molar-refractivity contribution in [2.45, 2.75) is 50.6 Å². The Morgan fingerprint density at radius 1 is 0.943 bits per heavy atom. The van der Waals surface area contributed by atoms with Crippen LogP contribution in [0, 0.1) is 0 Å². The smallest absolute Gasteiger partial charge is 0.327 e. The molecule has 6 N–H and O–H groups in total. The fraction of sp³-hybridized carbons (Fsp3) is 0.320. The minimum atomic E-state index is -1.54. The van der Waals surface area contributed by atoms with Gasteiger partial charge in [0.2, 0.25) is 11.8 Å². The summed E-state index contributed by atoms with van der Waals surface area (Å²) >= 11 is 0. The number of benzene rings is 2. The van der Waals surface area contributed by atoms with Crippen molar-refractivity contribution >= 4 is 30.0 Å². The van der Waals surface area contributed by atoms with Gasteiger partial charge in [-0.2, -0.15) is 5.10 Å². The second kappa shape index (κ2) is 13.6. The molecule has 0 aliphatic rings. The van der Waals surface area contributed by atoms with Crippen LogP contribution in [0.2, 0.25) is 0 Å². The highest BCUT2D eigenvalue weighted by Crippen LogP contribution is 2.16. The summed E-state index contributed by atoms with van der Waals surface area (Å²) in [5, 5.41) is 22.3. The van der Waals surface area contributed by atoms with E-state index in [2.05, 4.69) is 5.10 Å². The van der Waals surface area contributed by atoms with Gasteiger partial charge in [-0.1, -0.05) is 54.6 Å². The number of carboxylic acids is 2. The molecule has 0 saturated heterocycles. The molecule has 0 bridgehead atoms.